The second kappa shape index (κ2) is 6.43. The molecule has 1 saturated carbocycles. The number of nitrogens with one attached hydrogen (secondary N) is 1. The van der Waals surface area contributed by atoms with Crippen LogP contribution in [0.15, 0.2) is 30.3 Å². The molecule has 0 spiro atoms. The molecule has 0 aliphatic heterocycles. The van der Waals surface area contributed by atoms with E-state index in [4.69, 9.17) is 4.74 Å². The maximum Gasteiger partial charge on any atom is 0.407 e. The Morgan fingerprint density at radius 3 is 2.56 bits per heavy atom. The highest BCUT2D eigenvalue weighted by atomic mass is 16.6. The molecule has 0 aromatic heterocycles. The summed E-state index contributed by atoms with van der Waals surface area (Å²) >= 11 is 0. The lowest BCUT2D eigenvalue weighted by Crippen LogP contribution is -2.31. The summed E-state index contributed by atoms with van der Waals surface area (Å²) in [6.07, 6.45) is 5.44. The SMILES string of the molecule is CC(NC(=O)OC1CCCCC1)c1ccccc1. The smallest absolute Gasteiger partial charge is 0.407 e. The van der Waals surface area contributed by atoms with Gasteiger partial charge in [0.15, 0.2) is 0 Å². The van der Waals surface area contributed by atoms with E-state index in [0.717, 1.165) is 18.4 Å². The number of ether oxygens (including phenoxy) is 1. The van der Waals surface area contributed by atoms with E-state index in [0.29, 0.717) is 0 Å². The van der Waals surface area contributed by atoms with Crippen LogP contribution in [0.3, 0.4) is 0 Å². The van der Waals surface area contributed by atoms with Crippen molar-refractivity contribution in [1.29, 1.82) is 0 Å². The standard InChI is InChI=1S/C15H21NO2/c1-12(13-8-4-2-5-9-13)16-15(17)18-14-10-6-3-7-11-14/h2,4-5,8-9,12,14H,3,6-7,10-11H2,1H3,(H,16,17). The molecule has 2 rings (SSSR count). The van der Waals surface area contributed by atoms with Crippen molar-refractivity contribution in [2.24, 2.45) is 0 Å². The Morgan fingerprint density at radius 1 is 1.22 bits per heavy atom. The van der Waals surface area contributed by atoms with Crippen molar-refractivity contribution < 1.29 is 9.53 Å². The second-order valence-corrected chi connectivity index (χ2v) is 4.94. The number of amides is 1. The van der Waals surface area contributed by atoms with Crippen molar-refractivity contribution in [3.63, 3.8) is 0 Å². The monoisotopic (exact) mass is 247 g/mol. The lowest BCUT2D eigenvalue weighted by atomic mass is 9.98. The summed E-state index contributed by atoms with van der Waals surface area (Å²) in [5.41, 5.74) is 1.10. The lowest BCUT2D eigenvalue weighted by molar-refractivity contribution is 0.0733. The summed E-state index contributed by atoms with van der Waals surface area (Å²) in [5, 5.41) is 2.88. The Morgan fingerprint density at radius 2 is 1.89 bits per heavy atom. The van der Waals surface area contributed by atoms with Crippen LogP contribution in [-0.2, 0) is 4.74 Å². The lowest BCUT2D eigenvalue weighted by Gasteiger charge is -2.23. The Balaban J connectivity index is 1.80. The fourth-order valence-electron chi connectivity index (χ4n) is 2.37. The topological polar surface area (TPSA) is 38.3 Å². The number of benzene rings is 1. The Hall–Kier alpha value is -1.51. The van der Waals surface area contributed by atoms with E-state index in [1.807, 2.05) is 37.3 Å². The summed E-state index contributed by atoms with van der Waals surface area (Å²) in [4.78, 5) is 11.8. The van der Waals surface area contributed by atoms with Gasteiger partial charge in [-0.25, -0.2) is 4.79 Å². The largest absolute Gasteiger partial charge is 0.446 e. The maximum absolute atomic E-state index is 11.8. The molecule has 1 fully saturated rings. The van der Waals surface area contributed by atoms with E-state index in [1.54, 1.807) is 0 Å². The minimum atomic E-state index is -0.293. The Kier molecular flexibility index (Phi) is 4.62. The average molecular weight is 247 g/mol. The van der Waals surface area contributed by atoms with Crippen molar-refractivity contribution >= 4 is 6.09 Å². The third kappa shape index (κ3) is 3.76. The normalized spacial score (nSPS) is 18.1. The number of alkyl carbamates (subject to hydrolysis) is 1. The van der Waals surface area contributed by atoms with Crippen LogP contribution in [0, 0.1) is 0 Å². The van der Waals surface area contributed by atoms with Crippen LogP contribution in [0.4, 0.5) is 4.79 Å². The first-order valence-electron chi connectivity index (χ1n) is 6.78. The molecular formula is C15H21NO2. The Bertz CT molecular complexity index is 371. The van der Waals surface area contributed by atoms with Crippen molar-refractivity contribution in [3.05, 3.63) is 35.9 Å². The van der Waals surface area contributed by atoms with Gasteiger partial charge < -0.3 is 10.1 Å². The Labute approximate surface area is 109 Å². The predicted molar refractivity (Wildman–Crippen MR) is 71.3 cm³/mol. The third-order valence-electron chi connectivity index (χ3n) is 3.46. The molecule has 18 heavy (non-hydrogen) atoms. The van der Waals surface area contributed by atoms with Crippen molar-refractivity contribution in [2.45, 2.75) is 51.2 Å². The molecule has 1 amide bonds. The van der Waals surface area contributed by atoms with Crippen molar-refractivity contribution in [3.8, 4) is 0 Å². The van der Waals surface area contributed by atoms with Crippen molar-refractivity contribution in [2.75, 3.05) is 0 Å². The minimum absolute atomic E-state index is 0.0118. The van der Waals surface area contributed by atoms with Gasteiger partial charge in [0, 0.05) is 0 Å². The zero-order valence-corrected chi connectivity index (χ0v) is 10.9. The van der Waals surface area contributed by atoms with E-state index in [-0.39, 0.29) is 18.2 Å². The first kappa shape index (κ1) is 12.9. The van der Waals surface area contributed by atoms with Crippen LogP contribution < -0.4 is 5.32 Å². The molecule has 3 nitrogen and oxygen atoms in total. The molecule has 98 valence electrons. The molecule has 1 atom stereocenters. The number of carbonyl (C=O) groups is 1. The molecule has 1 N–H and O–H groups in total. The first-order valence-corrected chi connectivity index (χ1v) is 6.78. The molecule has 0 heterocycles. The van der Waals surface area contributed by atoms with Gasteiger partial charge in [-0.3, -0.25) is 0 Å². The van der Waals surface area contributed by atoms with Gasteiger partial charge in [0.2, 0.25) is 0 Å². The fraction of sp³-hybridized carbons (Fsp3) is 0.533. The van der Waals surface area contributed by atoms with Crippen LogP contribution in [-0.4, -0.2) is 12.2 Å². The number of hydrogen-bond acceptors (Lipinski definition) is 2. The minimum Gasteiger partial charge on any atom is -0.446 e. The fourth-order valence-corrected chi connectivity index (χ4v) is 2.37. The molecule has 0 bridgehead atoms. The number of rotatable bonds is 3. The van der Waals surface area contributed by atoms with Crippen LogP contribution in [0.5, 0.6) is 0 Å². The summed E-state index contributed by atoms with van der Waals surface area (Å²) in [6.45, 7) is 1.97. The van der Waals surface area contributed by atoms with Crippen LogP contribution in [0.25, 0.3) is 0 Å². The molecule has 3 heteroatoms. The van der Waals surface area contributed by atoms with E-state index in [9.17, 15) is 4.79 Å². The van der Waals surface area contributed by atoms with Gasteiger partial charge in [0.1, 0.15) is 6.10 Å². The van der Waals surface area contributed by atoms with Crippen LogP contribution >= 0.6 is 0 Å². The molecule has 0 radical (unpaired) electrons. The molecule has 0 saturated heterocycles. The molecule has 1 aromatic rings. The highest BCUT2D eigenvalue weighted by Crippen LogP contribution is 2.20. The zero-order chi connectivity index (χ0) is 12.8. The molecule has 1 aliphatic carbocycles. The summed E-state index contributed by atoms with van der Waals surface area (Å²) < 4.78 is 5.43. The van der Waals surface area contributed by atoms with Gasteiger partial charge in [-0.15, -0.1) is 0 Å². The van der Waals surface area contributed by atoms with E-state index in [1.165, 1.54) is 19.3 Å². The molecule has 1 aromatic carbocycles. The van der Waals surface area contributed by atoms with E-state index >= 15 is 0 Å². The van der Waals surface area contributed by atoms with Gasteiger partial charge in [0.05, 0.1) is 6.04 Å². The first-order chi connectivity index (χ1) is 8.75. The van der Waals surface area contributed by atoms with Crippen LogP contribution in [0.1, 0.15) is 50.6 Å². The van der Waals surface area contributed by atoms with Gasteiger partial charge >= 0.3 is 6.09 Å². The number of hydrogen-bond donors (Lipinski definition) is 1. The molecule has 1 aliphatic rings. The van der Waals surface area contributed by atoms with E-state index in [2.05, 4.69) is 5.32 Å². The summed E-state index contributed by atoms with van der Waals surface area (Å²) in [7, 11) is 0. The highest BCUT2D eigenvalue weighted by molar-refractivity contribution is 5.68. The zero-order valence-electron chi connectivity index (χ0n) is 10.9. The molecular weight excluding hydrogens is 226 g/mol. The van der Waals surface area contributed by atoms with Crippen molar-refractivity contribution in [1.82, 2.24) is 5.32 Å². The van der Waals surface area contributed by atoms with Gasteiger partial charge in [-0.05, 0) is 38.2 Å². The summed E-state index contributed by atoms with van der Waals surface area (Å²) in [6, 6.07) is 9.91. The van der Waals surface area contributed by atoms with Gasteiger partial charge in [-0.1, -0.05) is 36.8 Å². The predicted octanol–water partition coefficient (Wildman–Crippen LogP) is 3.81. The quantitative estimate of drug-likeness (QED) is 0.882. The highest BCUT2D eigenvalue weighted by Gasteiger charge is 2.18. The molecule has 1 unspecified atom stereocenters. The number of carbonyl (C=O) groups excluding carboxylic acids is 1. The van der Waals surface area contributed by atoms with Crippen LogP contribution in [0.2, 0.25) is 0 Å². The third-order valence-corrected chi connectivity index (χ3v) is 3.46. The van der Waals surface area contributed by atoms with E-state index < -0.39 is 0 Å². The summed E-state index contributed by atoms with van der Waals surface area (Å²) in [5.74, 6) is 0. The van der Waals surface area contributed by atoms with Gasteiger partial charge in [-0.2, -0.15) is 0 Å². The average Bonchev–Trinajstić information content (AvgIpc) is 2.40. The maximum atomic E-state index is 11.8. The van der Waals surface area contributed by atoms with Gasteiger partial charge in [0.25, 0.3) is 0 Å². The second-order valence-electron chi connectivity index (χ2n) is 4.94.